The summed E-state index contributed by atoms with van der Waals surface area (Å²) in [6.07, 6.45) is 0. The van der Waals surface area contributed by atoms with Crippen molar-refractivity contribution in [1.82, 2.24) is 14.8 Å². The average molecular weight is 347 g/mol. The number of piperazine rings is 1. The molecule has 0 atom stereocenters. The van der Waals surface area contributed by atoms with Crippen LogP contribution in [0.4, 0.5) is 5.69 Å². The van der Waals surface area contributed by atoms with E-state index in [2.05, 4.69) is 33.2 Å². The fourth-order valence-corrected chi connectivity index (χ4v) is 3.48. The van der Waals surface area contributed by atoms with Gasteiger partial charge < -0.3 is 15.0 Å². The third-order valence-electron chi connectivity index (χ3n) is 4.43. The number of para-hydroxylation sites is 2. The van der Waals surface area contributed by atoms with E-state index < -0.39 is 0 Å². The summed E-state index contributed by atoms with van der Waals surface area (Å²) in [5.41, 5.74) is 4.04. The van der Waals surface area contributed by atoms with Crippen LogP contribution in [0, 0.1) is 6.92 Å². The molecule has 2 aromatic rings. The van der Waals surface area contributed by atoms with Crippen molar-refractivity contribution in [2.75, 3.05) is 51.7 Å². The first-order valence-corrected chi connectivity index (χ1v) is 9.36. The Morgan fingerprint density at radius 2 is 2.00 bits per heavy atom. The molecule has 0 aliphatic carbocycles. The topological polar surface area (TPSA) is 40.6 Å². The third-order valence-corrected chi connectivity index (χ3v) is 5.37. The number of thiazole rings is 1. The van der Waals surface area contributed by atoms with Crippen molar-refractivity contribution in [2.24, 2.45) is 0 Å². The molecular weight excluding hydrogens is 320 g/mol. The number of nitrogens with zero attached hydrogens (tertiary/aromatic N) is 3. The second-order valence-corrected chi connectivity index (χ2v) is 7.14. The van der Waals surface area contributed by atoms with E-state index in [0.29, 0.717) is 0 Å². The first-order valence-electron chi connectivity index (χ1n) is 8.48. The number of anilines is 1. The number of likely N-dealkylation sites (N-methyl/N-ethyl adjacent to an activating group) is 1. The van der Waals surface area contributed by atoms with E-state index in [1.807, 2.05) is 30.6 Å². The Kier molecular flexibility index (Phi) is 6.07. The maximum absolute atomic E-state index is 6.04. The fraction of sp³-hybridized carbons (Fsp3) is 0.500. The second kappa shape index (κ2) is 8.46. The Bertz CT molecular complexity index is 637. The van der Waals surface area contributed by atoms with Gasteiger partial charge in [-0.25, -0.2) is 4.98 Å². The molecule has 1 aliphatic heterocycles. The van der Waals surface area contributed by atoms with Gasteiger partial charge in [-0.2, -0.15) is 0 Å². The molecule has 130 valence electrons. The highest BCUT2D eigenvalue weighted by atomic mass is 32.1. The lowest BCUT2D eigenvalue weighted by atomic mass is 10.3. The number of benzene rings is 1. The number of aromatic nitrogens is 1. The Balaban J connectivity index is 1.49. The molecule has 1 aromatic carbocycles. The van der Waals surface area contributed by atoms with Gasteiger partial charge in [-0.1, -0.05) is 12.1 Å². The predicted octanol–water partition coefficient (Wildman–Crippen LogP) is 2.69. The summed E-state index contributed by atoms with van der Waals surface area (Å²) in [7, 11) is 2.18. The second-order valence-electron chi connectivity index (χ2n) is 6.20. The number of ether oxygens (including phenoxy) is 1. The number of hydrogen-bond donors (Lipinski definition) is 1. The molecule has 1 aromatic heterocycles. The molecule has 1 aliphatic rings. The van der Waals surface area contributed by atoms with Gasteiger partial charge in [0.05, 0.1) is 23.4 Å². The molecule has 24 heavy (non-hydrogen) atoms. The zero-order valence-corrected chi connectivity index (χ0v) is 15.3. The van der Waals surface area contributed by atoms with E-state index in [9.17, 15) is 0 Å². The molecule has 0 bridgehead atoms. The summed E-state index contributed by atoms with van der Waals surface area (Å²) >= 11 is 1.69. The lowest BCUT2D eigenvalue weighted by molar-refractivity contribution is 0.134. The highest BCUT2D eigenvalue weighted by molar-refractivity contribution is 7.09. The zero-order chi connectivity index (χ0) is 16.8. The van der Waals surface area contributed by atoms with Crippen LogP contribution in [0.15, 0.2) is 29.8 Å². The van der Waals surface area contributed by atoms with Gasteiger partial charge in [0.1, 0.15) is 12.4 Å². The van der Waals surface area contributed by atoms with Crippen LogP contribution in [-0.4, -0.2) is 61.2 Å². The van der Waals surface area contributed by atoms with Crippen LogP contribution in [-0.2, 0) is 6.54 Å². The molecular formula is C18H26N4OS. The molecule has 5 nitrogen and oxygen atoms in total. The Hall–Kier alpha value is -1.63. The van der Waals surface area contributed by atoms with Gasteiger partial charge in [-0.05, 0) is 26.1 Å². The molecule has 2 heterocycles. The normalized spacial score (nSPS) is 16.2. The minimum atomic E-state index is 0.724. The van der Waals surface area contributed by atoms with Crippen LogP contribution >= 0.6 is 11.3 Å². The van der Waals surface area contributed by atoms with Gasteiger partial charge >= 0.3 is 0 Å². The summed E-state index contributed by atoms with van der Waals surface area (Å²) < 4.78 is 6.04. The van der Waals surface area contributed by atoms with Gasteiger partial charge in [0, 0.05) is 37.6 Å². The van der Waals surface area contributed by atoms with Crippen molar-refractivity contribution < 1.29 is 4.74 Å². The SMILES string of the molecule is Cc1ncsc1CNc1ccccc1OCCN1CCN(C)CC1. The molecule has 1 N–H and O–H groups in total. The lowest BCUT2D eigenvalue weighted by Crippen LogP contribution is -2.45. The largest absolute Gasteiger partial charge is 0.490 e. The molecule has 0 spiro atoms. The number of rotatable bonds is 7. The third kappa shape index (κ3) is 4.69. The Morgan fingerprint density at radius 1 is 1.21 bits per heavy atom. The van der Waals surface area contributed by atoms with Crippen LogP contribution in [0.2, 0.25) is 0 Å². The monoisotopic (exact) mass is 346 g/mol. The van der Waals surface area contributed by atoms with E-state index in [0.717, 1.165) is 63.0 Å². The van der Waals surface area contributed by atoms with Gasteiger partial charge in [-0.15, -0.1) is 11.3 Å². The van der Waals surface area contributed by atoms with Crippen LogP contribution in [0.25, 0.3) is 0 Å². The maximum Gasteiger partial charge on any atom is 0.142 e. The molecule has 0 saturated carbocycles. The van der Waals surface area contributed by atoms with Gasteiger partial charge in [-0.3, -0.25) is 4.90 Å². The van der Waals surface area contributed by atoms with Gasteiger partial charge in [0.2, 0.25) is 0 Å². The smallest absolute Gasteiger partial charge is 0.142 e. The van der Waals surface area contributed by atoms with Gasteiger partial charge in [0.25, 0.3) is 0 Å². The van der Waals surface area contributed by atoms with E-state index >= 15 is 0 Å². The van der Waals surface area contributed by atoms with E-state index in [-0.39, 0.29) is 0 Å². The van der Waals surface area contributed by atoms with E-state index in [4.69, 9.17) is 4.74 Å². The molecule has 0 amide bonds. The van der Waals surface area contributed by atoms with Crippen molar-refractivity contribution in [3.05, 3.63) is 40.3 Å². The van der Waals surface area contributed by atoms with Crippen molar-refractivity contribution in [3.8, 4) is 5.75 Å². The maximum atomic E-state index is 6.04. The molecule has 1 fully saturated rings. The average Bonchev–Trinajstić information content (AvgIpc) is 3.01. The minimum Gasteiger partial charge on any atom is -0.490 e. The van der Waals surface area contributed by atoms with E-state index in [1.165, 1.54) is 4.88 Å². The molecule has 6 heteroatoms. The van der Waals surface area contributed by atoms with Crippen molar-refractivity contribution >= 4 is 17.0 Å². The van der Waals surface area contributed by atoms with E-state index in [1.54, 1.807) is 11.3 Å². The predicted molar refractivity (Wildman–Crippen MR) is 100 cm³/mol. The van der Waals surface area contributed by atoms with Crippen LogP contribution in [0.1, 0.15) is 10.6 Å². The summed E-state index contributed by atoms with van der Waals surface area (Å²) in [6, 6.07) is 8.16. The molecule has 3 rings (SSSR count). The Labute approximate surface area is 148 Å². The zero-order valence-electron chi connectivity index (χ0n) is 14.5. The number of hydrogen-bond acceptors (Lipinski definition) is 6. The summed E-state index contributed by atoms with van der Waals surface area (Å²) in [5.74, 6) is 0.925. The molecule has 1 saturated heterocycles. The highest BCUT2D eigenvalue weighted by Gasteiger charge is 2.13. The van der Waals surface area contributed by atoms with Crippen LogP contribution < -0.4 is 10.1 Å². The quantitative estimate of drug-likeness (QED) is 0.835. The Morgan fingerprint density at radius 3 is 2.75 bits per heavy atom. The first-order chi connectivity index (χ1) is 11.7. The number of aryl methyl sites for hydroxylation is 1. The lowest BCUT2D eigenvalue weighted by Gasteiger charge is -2.32. The van der Waals surface area contributed by atoms with Crippen molar-refractivity contribution in [3.63, 3.8) is 0 Å². The van der Waals surface area contributed by atoms with Crippen LogP contribution in [0.5, 0.6) is 5.75 Å². The summed E-state index contributed by atoms with van der Waals surface area (Å²) in [5, 5.41) is 3.48. The fourth-order valence-electron chi connectivity index (χ4n) is 2.77. The minimum absolute atomic E-state index is 0.724. The molecule has 0 unspecified atom stereocenters. The van der Waals surface area contributed by atoms with Crippen LogP contribution in [0.3, 0.4) is 0 Å². The summed E-state index contributed by atoms with van der Waals surface area (Å²) in [6.45, 7) is 9.09. The molecule has 0 radical (unpaired) electrons. The standard InChI is InChI=1S/C18H26N4OS/c1-15-18(24-14-20-15)13-19-16-5-3-4-6-17(16)23-12-11-22-9-7-21(2)8-10-22/h3-6,14,19H,7-13H2,1-2H3. The van der Waals surface area contributed by atoms with Crippen molar-refractivity contribution in [1.29, 1.82) is 0 Å². The number of nitrogens with one attached hydrogen (secondary N) is 1. The van der Waals surface area contributed by atoms with Gasteiger partial charge in [0.15, 0.2) is 0 Å². The highest BCUT2D eigenvalue weighted by Crippen LogP contribution is 2.25. The van der Waals surface area contributed by atoms with Crippen molar-refractivity contribution in [2.45, 2.75) is 13.5 Å². The summed E-state index contributed by atoms with van der Waals surface area (Å²) in [4.78, 5) is 10.4. The first kappa shape index (κ1) is 17.2.